The van der Waals surface area contributed by atoms with Crippen LogP contribution in [0.25, 0.3) is 0 Å². The molecule has 1 heterocycles. The summed E-state index contributed by atoms with van der Waals surface area (Å²) in [7, 11) is 1.67. The second-order valence-corrected chi connectivity index (χ2v) is 12.8. The van der Waals surface area contributed by atoms with Gasteiger partial charge in [-0.05, 0) is 60.4 Å². The Morgan fingerprint density at radius 3 is 1.69 bits per heavy atom. The maximum Gasteiger partial charge on any atom is 0.139 e. The highest BCUT2D eigenvalue weighted by molar-refractivity contribution is 5.91. The van der Waals surface area contributed by atoms with Gasteiger partial charge in [-0.25, -0.2) is 0 Å². The van der Waals surface area contributed by atoms with Gasteiger partial charge in [-0.2, -0.15) is 0 Å². The maximum atomic E-state index is 13.9. The van der Waals surface area contributed by atoms with Crippen molar-refractivity contribution >= 4 is 17.3 Å². The summed E-state index contributed by atoms with van der Waals surface area (Å²) in [5, 5.41) is 0. The van der Waals surface area contributed by atoms with Gasteiger partial charge in [0.05, 0.1) is 7.11 Å². The summed E-state index contributed by atoms with van der Waals surface area (Å²) in [5.74, 6) is 0.935. The average Bonchev–Trinajstić information content (AvgIpc) is 2.77. The summed E-state index contributed by atoms with van der Waals surface area (Å²) in [4.78, 5) is 30.4. The van der Waals surface area contributed by atoms with Crippen molar-refractivity contribution in [3.05, 3.63) is 59.7 Å². The van der Waals surface area contributed by atoms with E-state index in [1.54, 1.807) is 7.11 Å². The first-order valence-electron chi connectivity index (χ1n) is 13.0. The highest BCUT2D eigenvalue weighted by Gasteiger charge is 2.59. The minimum Gasteiger partial charge on any atom is -0.497 e. The van der Waals surface area contributed by atoms with Gasteiger partial charge in [0.15, 0.2) is 0 Å². The molecule has 2 aromatic carbocycles. The van der Waals surface area contributed by atoms with E-state index in [0.717, 1.165) is 29.8 Å². The van der Waals surface area contributed by atoms with E-state index < -0.39 is 0 Å². The van der Waals surface area contributed by atoms with Crippen molar-refractivity contribution in [2.45, 2.75) is 78.3 Å². The number of aryl methyl sites for hydroxylation is 1. The molecule has 35 heavy (non-hydrogen) atoms. The summed E-state index contributed by atoms with van der Waals surface area (Å²) in [6.07, 6.45) is 3.03. The van der Waals surface area contributed by atoms with Crippen molar-refractivity contribution in [1.29, 1.82) is 0 Å². The molecule has 0 N–H and O–H groups in total. The predicted octanol–water partition coefficient (Wildman–Crippen LogP) is 6.36. The minimum atomic E-state index is -0.191. The van der Waals surface area contributed by atoms with E-state index in [1.165, 1.54) is 5.56 Å². The van der Waals surface area contributed by atoms with Crippen LogP contribution in [-0.4, -0.2) is 30.8 Å². The van der Waals surface area contributed by atoms with Gasteiger partial charge in [-0.1, -0.05) is 57.5 Å². The van der Waals surface area contributed by atoms with Crippen LogP contribution in [0.2, 0.25) is 0 Å². The monoisotopic (exact) mass is 473 g/mol. The Kier molecular flexibility index (Phi) is 5.85. The van der Waals surface area contributed by atoms with Crippen molar-refractivity contribution in [2.24, 2.45) is 22.7 Å². The Hall–Kier alpha value is -2.62. The van der Waals surface area contributed by atoms with Gasteiger partial charge >= 0.3 is 0 Å². The van der Waals surface area contributed by atoms with Crippen LogP contribution < -0.4 is 9.64 Å². The molecular weight excluding hydrogens is 434 g/mol. The van der Waals surface area contributed by atoms with Crippen LogP contribution in [0.1, 0.15) is 70.4 Å². The van der Waals surface area contributed by atoms with Crippen molar-refractivity contribution in [1.82, 2.24) is 0 Å². The first-order valence-corrected chi connectivity index (χ1v) is 13.0. The molecule has 2 aromatic rings. The third-order valence-electron chi connectivity index (χ3n) is 8.72. The van der Waals surface area contributed by atoms with Crippen LogP contribution in [0.4, 0.5) is 5.69 Å². The second kappa shape index (κ2) is 8.50. The predicted molar refractivity (Wildman–Crippen MR) is 140 cm³/mol. The summed E-state index contributed by atoms with van der Waals surface area (Å²) in [6, 6.07) is 16.9. The van der Waals surface area contributed by atoms with E-state index in [9.17, 15) is 9.59 Å². The van der Waals surface area contributed by atoms with Gasteiger partial charge in [0.1, 0.15) is 17.3 Å². The highest BCUT2D eigenvalue weighted by Crippen LogP contribution is 2.56. The number of methoxy groups -OCH3 is 1. The van der Waals surface area contributed by atoms with E-state index in [2.05, 4.69) is 75.9 Å². The van der Waals surface area contributed by atoms with Crippen molar-refractivity contribution in [3.63, 3.8) is 0 Å². The number of hydrogen-bond donors (Lipinski definition) is 0. The van der Waals surface area contributed by atoms with Crippen LogP contribution >= 0.6 is 0 Å². The Labute approximate surface area is 210 Å². The molecule has 5 rings (SSSR count). The number of carbonyl (C=O) groups is 2. The third-order valence-corrected chi connectivity index (χ3v) is 8.72. The van der Waals surface area contributed by atoms with E-state index in [4.69, 9.17) is 4.74 Å². The number of Topliss-reactive ketones (excluding diaryl/α,β-unsaturated/α-hetero) is 2. The second-order valence-electron chi connectivity index (χ2n) is 12.8. The average molecular weight is 474 g/mol. The number of ether oxygens (including phenoxy) is 1. The lowest BCUT2D eigenvalue weighted by Crippen LogP contribution is -2.66. The number of fused-ring (bicyclic) bond motifs is 2. The van der Waals surface area contributed by atoms with Gasteiger partial charge in [-0.3, -0.25) is 9.59 Å². The number of ketones is 2. The molecule has 0 amide bonds. The Bertz CT molecular complexity index is 1070. The summed E-state index contributed by atoms with van der Waals surface area (Å²) >= 11 is 0. The lowest BCUT2D eigenvalue weighted by Gasteiger charge is -2.60. The first-order chi connectivity index (χ1) is 16.5. The molecule has 0 bridgehead atoms. The van der Waals surface area contributed by atoms with Crippen molar-refractivity contribution in [3.8, 4) is 5.75 Å². The van der Waals surface area contributed by atoms with Crippen molar-refractivity contribution < 1.29 is 14.3 Å². The maximum absolute atomic E-state index is 13.9. The molecule has 4 heteroatoms. The molecule has 4 nitrogen and oxygen atoms in total. The van der Waals surface area contributed by atoms with E-state index in [0.29, 0.717) is 24.4 Å². The Balaban J connectivity index is 1.70. The van der Waals surface area contributed by atoms with Gasteiger partial charge in [0.25, 0.3) is 0 Å². The molecule has 186 valence electrons. The lowest BCUT2D eigenvalue weighted by atomic mass is 9.53. The smallest absolute Gasteiger partial charge is 0.139 e. The summed E-state index contributed by atoms with van der Waals surface area (Å²) in [5.41, 5.74) is 3.33. The largest absolute Gasteiger partial charge is 0.497 e. The summed E-state index contributed by atoms with van der Waals surface area (Å²) in [6.45, 7) is 11.0. The van der Waals surface area contributed by atoms with Crippen molar-refractivity contribution in [2.75, 3.05) is 12.0 Å². The molecule has 0 aromatic heterocycles. The van der Waals surface area contributed by atoms with E-state index in [-0.39, 0.29) is 40.7 Å². The van der Waals surface area contributed by atoms with Gasteiger partial charge < -0.3 is 9.64 Å². The standard InChI is InChI=1S/C31H39NO3/c1-19-7-11-21(12-8-19)32-23-15-30(2,3)17-25(33)28(23)27(20-9-13-22(35-6)14-10-20)29-24(32)16-31(4,5)18-26(29)34/h7-14,23-24,27-29H,15-18H2,1-6H3. The number of rotatable bonds is 3. The van der Waals surface area contributed by atoms with E-state index in [1.807, 2.05) is 12.1 Å². The van der Waals surface area contributed by atoms with Crippen LogP contribution in [0.5, 0.6) is 5.75 Å². The van der Waals surface area contributed by atoms with Crippen LogP contribution in [-0.2, 0) is 9.59 Å². The fourth-order valence-electron chi connectivity index (χ4n) is 7.37. The SMILES string of the molecule is COc1ccc(C2C3C(=O)CC(C)(C)CC3N(c3ccc(C)cc3)C3CC(C)(C)CC(=O)C23)cc1. The molecule has 3 fully saturated rings. The highest BCUT2D eigenvalue weighted by atomic mass is 16.5. The number of benzene rings is 2. The van der Waals surface area contributed by atoms with Gasteiger partial charge in [0, 0.05) is 48.4 Å². The molecular formula is C31H39NO3. The molecule has 2 saturated carbocycles. The van der Waals surface area contributed by atoms with Gasteiger partial charge in [-0.15, -0.1) is 0 Å². The number of carbonyl (C=O) groups excluding carboxylic acids is 2. The molecule has 1 aliphatic heterocycles. The molecule has 4 atom stereocenters. The fourth-order valence-corrected chi connectivity index (χ4v) is 7.37. The molecule has 3 aliphatic rings. The number of piperidine rings is 1. The summed E-state index contributed by atoms with van der Waals surface area (Å²) < 4.78 is 5.41. The third kappa shape index (κ3) is 4.30. The quantitative estimate of drug-likeness (QED) is 0.521. The first kappa shape index (κ1) is 24.1. The van der Waals surface area contributed by atoms with E-state index >= 15 is 0 Å². The normalized spacial score (nSPS) is 31.5. The number of nitrogens with zero attached hydrogens (tertiary/aromatic N) is 1. The zero-order valence-corrected chi connectivity index (χ0v) is 22.0. The Morgan fingerprint density at radius 1 is 0.743 bits per heavy atom. The van der Waals surface area contributed by atoms with Crippen LogP contribution in [0.15, 0.2) is 48.5 Å². The number of anilines is 1. The molecule has 2 aliphatic carbocycles. The van der Waals surface area contributed by atoms with Crippen LogP contribution in [0, 0.1) is 29.6 Å². The Morgan fingerprint density at radius 2 is 1.23 bits per heavy atom. The zero-order chi connectivity index (χ0) is 25.1. The number of hydrogen-bond acceptors (Lipinski definition) is 4. The molecule has 0 spiro atoms. The topological polar surface area (TPSA) is 46.6 Å². The molecule has 0 radical (unpaired) electrons. The van der Waals surface area contributed by atoms with Gasteiger partial charge in [0.2, 0.25) is 0 Å². The minimum absolute atomic E-state index is 0.0628. The fraction of sp³-hybridized carbons (Fsp3) is 0.548. The zero-order valence-electron chi connectivity index (χ0n) is 22.0. The van der Waals surface area contributed by atoms with Crippen LogP contribution in [0.3, 0.4) is 0 Å². The lowest BCUT2D eigenvalue weighted by molar-refractivity contribution is -0.138. The molecule has 1 saturated heterocycles. The molecule has 4 unspecified atom stereocenters.